The molecule has 1 aliphatic rings. The molecule has 0 radical (unpaired) electrons. The first-order valence-electron chi connectivity index (χ1n) is 7.80. The first kappa shape index (κ1) is 20.5. The Bertz CT molecular complexity index is 384. The maximum absolute atomic E-state index is 5.66. The topological polar surface area (TPSA) is 31.8 Å². The first-order valence-corrected chi connectivity index (χ1v) is 11.2. The van der Waals surface area contributed by atoms with Crippen LogP contribution in [0.5, 0.6) is 0 Å². The predicted molar refractivity (Wildman–Crippen MR) is 102 cm³/mol. The van der Waals surface area contributed by atoms with Crippen LogP contribution in [0.2, 0.25) is 0 Å². The monoisotopic (exact) mass is 353 g/mol. The van der Waals surface area contributed by atoms with Crippen molar-refractivity contribution in [3.8, 4) is 0 Å². The fourth-order valence-corrected chi connectivity index (χ4v) is 14.1. The number of hydrogen-bond donors (Lipinski definition) is 0. The van der Waals surface area contributed by atoms with Gasteiger partial charge < -0.3 is 0 Å². The van der Waals surface area contributed by atoms with Crippen molar-refractivity contribution in [3.05, 3.63) is 0 Å². The van der Waals surface area contributed by atoms with Gasteiger partial charge in [-0.25, -0.2) is 0 Å². The van der Waals surface area contributed by atoms with Gasteiger partial charge in [0.25, 0.3) is 0 Å². The third-order valence-electron chi connectivity index (χ3n) is 4.49. The molecule has 22 heavy (non-hydrogen) atoms. The molecule has 1 rings (SSSR count). The Labute approximate surface area is 138 Å². The zero-order chi connectivity index (χ0) is 17.3. The van der Waals surface area contributed by atoms with E-state index in [4.69, 9.17) is 4.52 Å². The van der Waals surface area contributed by atoms with Crippen LogP contribution in [0.25, 0.3) is 0 Å². The van der Waals surface area contributed by atoms with Crippen LogP contribution in [0, 0.1) is 0 Å². The van der Waals surface area contributed by atoms with Crippen LogP contribution in [0.4, 0.5) is 0 Å². The molecule has 1 aliphatic heterocycles. The van der Waals surface area contributed by atoms with Crippen molar-refractivity contribution >= 4 is 15.4 Å². The van der Waals surface area contributed by atoms with E-state index in [0.717, 1.165) is 13.1 Å². The fourth-order valence-electron chi connectivity index (χ4n) is 3.58. The molecule has 7 nitrogen and oxygen atoms in total. The molecule has 0 aromatic rings. The average Bonchev–Trinajstić information content (AvgIpc) is 2.37. The van der Waals surface area contributed by atoms with Gasteiger partial charge in [-0.15, -0.1) is 0 Å². The van der Waals surface area contributed by atoms with Gasteiger partial charge in [-0.2, -0.15) is 0 Å². The zero-order valence-corrected chi connectivity index (χ0v) is 18.1. The summed E-state index contributed by atoms with van der Waals surface area (Å²) in [6.45, 7) is 2.24. The van der Waals surface area contributed by atoms with Crippen molar-refractivity contribution < 1.29 is 0 Å². The van der Waals surface area contributed by atoms with Crippen molar-refractivity contribution in [1.29, 1.82) is 0 Å². The van der Waals surface area contributed by atoms with E-state index >= 15 is 0 Å². The van der Waals surface area contributed by atoms with E-state index in [1.54, 1.807) is 0 Å². The summed E-state index contributed by atoms with van der Waals surface area (Å²) in [6, 6.07) is 0. The van der Waals surface area contributed by atoms with E-state index in [-0.39, 0.29) is 0 Å². The molecule has 0 aromatic carbocycles. The summed E-state index contributed by atoms with van der Waals surface area (Å²) < 4.78 is 20.0. The Kier molecular flexibility index (Phi) is 7.01. The SMILES string of the molecule is CN(C)P(=N[PH]1(N(C)C)N(C)CCCN1C)(N(C)C)N(C)C. The Morgan fingerprint density at radius 1 is 0.773 bits per heavy atom. The van der Waals surface area contributed by atoms with E-state index in [9.17, 15) is 0 Å². The van der Waals surface area contributed by atoms with Crippen LogP contribution in [0.3, 0.4) is 0 Å². The van der Waals surface area contributed by atoms with Gasteiger partial charge >= 0.3 is 138 Å². The van der Waals surface area contributed by atoms with Gasteiger partial charge in [-0.05, 0) is 0 Å². The van der Waals surface area contributed by atoms with Gasteiger partial charge in [0.05, 0.1) is 0 Å². The van der Waals surface area contributed by atoms with Gasteiger partial charge in [-0.3, -0.25) is 0 Å². The summed E-state index contributed by atoms with van der Waals surface area (Å²) in [5.74, 6) is 0. The Balaban J connectivity index is 3.66. The second kappa shape index (κ2) is 7.54. The molecule has 0 N–H and O–H groups in total. The van der Waals surface area contributed by atoms with Crippen LogP contribution in [-0.4, -0.2) is 112 Å². The summed E-state index contributed by atoms with van der Waals surface area (Å²) in [5, 5.41) is 0. The summed E-state index contributed by atoms with van der Waals surface area (Å²) in [5.41, 5.74) is 0. The fraction of sp³-hybridized carbons (Fsp3) is 1.00. The van der Waals surface area contributed by atoms with Crippen LogP contribution >= 0.6 is 15.4 Å². The third-order valence-corrected chi connectivity index (χ3v) is 13.6. The minimum absolute atomic E-state index is 1.12. The summed E-state index contributed by atoms with van der Waals surface area (Å²) in [4.78, 5) is 0. The summed E-state index contributed by atoms with van der Waals surface area (Å²) in [6.07, 6.45) is 1.21. The minimum atomic E-state index is -2.24. The van der Waals surface area contributed by atoms with Crippen LogP contribution in [0.1, 0.15) is 6.42 Å². The third kappa shape index (κ3) is 3.28. The summed E-state index contributed by atoms with van der Waals surface area (Å²) in [7, 11) is 17.6. The molecule has 9 heteroatoms. The van der Waals surface area contributed by atoms with Gasteiger partial charge in [0.15, 0.2) is 0 Å². The molecule has 0 unspecified atom stereocenters. The molecule has 0 spiro atoms. The number of nitrogens with zero attached hydrogens (tertiary/aromatic N) is 7. The molecular formula is C13H37N7P2. The van der Waals surface area contributed by atoms with E-state index in [2.05, 4.69) is 98.5 Å². The van der Waals surface area contributed by atoms with Crippen molar-refractivity contribution in [3.63, 3.8) is 0 Å². The van der Waals surface area contributed by atoms with Gasteiger partial charge in [0, 0.05) is 0 Å². The number of rotatable bonds is 5. The molecule has 1 saturated heterocycles. The van der Waals surface area contributed by atoms with E-state index in [0.29, 0.717) is 0 Å². The normalized spacial score (nSPS) is 22.8. The second-order valence-corrected chi connectivity index (χ2v) is 14.8. The molecule has 0 bridgehead atoms. The molecule has 134 valence electrons. The Morgan fingerprint density at radius 3 is 1.41 bits per heavy atom. The molecule has 0 atom stereocenters. The molecule has 0 amide bonds. The molecule has 0 aromatic heterocycles. The van der Waals surface area contributed by atoms with Crippen molar-refractivity contribution in [2.75, 3.05) is 83.6 Å². The predicted octanol–water partition coefficient (Wildman–Crippen LogP) is 1.86. The zero-order valence-electron chi connectivity index (χ0n) is 16.2. The van der Waals surface area contributed by atoms with Crippen LogP contribution in [0.15, 0.2) is 4.52 Å². The van der Waals surface area contributed by atoms with Crippen molar-refractivity contribution in [2.24, 2.45) is 4.52 Å². The Morgan fingerprint density at radius 2 is 1.14 bits per heavy atom. The van der Waals surface area contributed by atoms with Gasteiger partial charge in [0.1, 0.15) is 0 Å². The molecule has 1 heterocycles. The summed E-state index contributed by atoms with van der Waals surface area (Å²) >= 11 is 0. The molecule has 0 saturated carbocycles. The van der Waals surface area contributed by atoms with E-state index in [1.165, 1.54) is 6.42 Å². The first-order chi connectivity index (χ1) is 10.0. The quantitative estimate of drug-likeness (QED) is 0.702. The molecule has 0 aliphatic carbocycles. The Hall–Kier alpha value is 0.420. The average molecular weight is 353 g/mol. The second-order valence-electron chi connectivity index (χ2n) is 6.87. The van der Waals surface area contributed by atoms with E-state index < -0.39 is 15.4 Å². The van der Waals surface area contributed by atoms with E-state index in [1.807, 2.05) is 0 Å². The standard InChI is InChI=1S/C13H37N7P2/c1-15(2)21(16(3)4,17(5)6)14-22(18(7)8)19(9)12-11-13-20(22)10/h22H,11-13H2,1-10H3. The van der Waals surface area contributed by atoms with Crippen molar-refractivity contribution in [2.45, 2.75) is 6.42 Å². The van der Waals surface area contributed by atoms with Crippen LogP contribution < -0.4 is 0 Å². The van der Waals surface area contributed by atoms with Gasteiger partial charge in [-0.1, -0.05) is 0 Å². The molecular weight excluding hydrogens is 316 g/mol. The van der Waals surface area contributed by atoms with Crippen LogP contribution in [-0.2, 0) is 0 Å². The number of hydrogen-bond acceptors (Lipinski definition) is 4. The van der Waals surface area contributed by atoms with Crippen molar-refractivity contribution in [1.82, 2.24) is 28.0 Å². The van der Waals surface area contributed by atoms with Gasteiger partial charge in [0.2, 0.25) is 0 Å². The molecule has 1 fully saturated rings. The maximum atomic E-state index is 5.66.